The van der Waals surface area contributed by atoms with E-state index >= 15 is 0 Å². The van der Waals surface area contributed by atoms with Crippen LogP contribution in [-0.2, 0) is 11.2 Å². The predicted octanol–water partition coefficient (Wildman–Crippen LogP) is 4.12. The number of hydrogen-bond donors (Lipinski definition) is 1. The fourth-order valence-corrected chi connectivity index (χ4v) is 3.31. The summed E-state index contributed by atoms with van der Waals surface area (Å²) >= 11 is 7.57. The van der Waals surface area contributed by atoms with Crippen LogP contribution >= 0.6 is 22.9 Å². The molecule has 21 heavy (non-hydrogen) atoms. The largest absolute Gasteiger partial charge is 0.481 e. The molecule has 1 aromatic carbocycles. The quantitative estimate of drug-likeness (QED) is 0.769. The molecule has 3 aromatic rings. The van der Waals surface area contributed by atoms with E-state index in [1.54, 1.807) is 11.3 Å². The highest BCUT2D eigenvalue weighted by Crippen LogP contribution is 2.26. The Balaban J connectivity index is 1.87. The molecule has 0 fully saturated rings. The number of aryl methyl sites for hydroxylation is 1. The average Bonchev–Trinajstić information content (AvgIpc) is 3.00. The van der Waals surface area contributed by atoms with Crippen LogP contribution in [0.2, 0.25) is 5.02 Å². The second kappa shape index (κ2) is 5.87. The number of benzene rings is 1. The van der Waals surface area contributed by atoms with Gasteiger partial charge in [-0.1, -0.05) is 23.7 Å². The molecule has 3 rings (SSSR count). The summed E-state index contributed by atoms with van der Waals surface area (Å²) in [5.74, 6) is -0.758. The van der Waals surface area contributed by atoms with Gasteiger partial charge >= 0.3 is 5.97 Å². The molecule has 108 valence electrons. The molecule has 0 amide bonds. The van der Waals surface area contributed by atoms with E-state index in [1.165, 1.54) is 0 Å². The summed E-state index contributed by atoms with van der Waals surface area (Å²) in [6.45, 7) is 0. The van der Waals surface area contributed by atoms with Gasteiger partial charge in [-0.05, 0) is 25.0 Å². The summed E-state index contributed by atoms with van der Waals surface area (Å²) < 4.78 is 2.03. The Bertz CT molecular complexity index is 794. The molecular weight excluding hydrogens is 308 g/mol. The van der Waals surface area contributed by atoms with E-state index in [-0.39, 0.29) is 6.42 Å². The number of halogens is 1. The van der Waals surface area contributed by atoms with Gasteiger partial charge in [-0.2, -0.15) is 0 Å². The monoisotopic (exact) mass is 320 g/mol. The van der Waals surface area contributed by atoms with Gasteiger partial charge in [0, 0.05) is 34.3 Å². The Morgan fingerprint density at radius 2 is 2.29 bits per heavy atom. The van der Waals surface area contributed by atoms with Crippen molar-refractivity contribution in [2.75, 3.05) is 0 Å². The molecule has 0 spiro atoms. The fraction of sp³-hybridized carbons (Fsp3) is 0.200. The molecule has 4 nitrogen and oxygen atoms in total. The minimum absolute atomic E-state index is 0.188. The van der Waals surface area contributed by atoms with Crippen molar-refractivity contribution in [3.8, 4) is 11.3 Å². The first kappa shape index (κ1) is 14.1. The molecule has 0 bridgehead atoms. The number of aliphatic carboxylic acids is 1. The van der Waals surface area contributed by atoms with Gasteiger partial charge in [-0.3, -0.25) is 9.20 Å². The molecule has 0 aliphatic heterocycles. The zero-order chi connectivity index (χ0) is 14.8. The van der Waals surface area contributed by atoms with E-state index in [2.05, 4.69) is 4.98 Å². The maximum absolute atomic E-state index is 10.6. The maximum atomic E-state index is 10.6. The Morgan fingerprint density at radius 3 is 3.05 bits per heavy atom. The number of rotatable bonds is 5. The summed E-state index contributed by atoms with van der Waals surface area (Å²) in [4.78, 5) is 16.1. The summed E-state index contributed by atoms with van der Waals surface area (Å²) in [6.07, 6.45) is 3.53. The zero-order valence-corrected chi connectivity index (χ0v) is 12.7. The number of carbonyl (C=O) groups is 1. The van der Waals surface area contributed by atoms with Crippen molar-refractivity contribution in [2.24, 2.45) is 0 Å². The van der Waals surface area contributed by atoms with Crippen LogP contribution in [0.4, 0.5) is 0 Å². The van der Waals surface area contributed by atoms with E-state index in [4.69, 9.17) is 16.7 Å². The molecule has 6 heteroatoms. The number of imidazole rings is 1. The molecule has 2 heterocycles. The summed E-state index contributed by atoms with van der Waals surface area (Å²) in [6, 6.07) is 7.60. The molecular formula is C15H13ClN2O2S. The van der Waals surface area contributed by atoms with Gasteiger partial charge in [-0.15, -0.1) is 11.3 Å². The Kier molecular flexibility index (Phi) is 3.94. The van der Waals surface area contributed by atoms with E-state index in [9.17, 15) is 4.79 Å². The van der Waals surface area contributed by atoms with Crippen LogP contribution in [0.3, 0.4) is 0 Å². The fourth-order valence-electron chi connectivity index (χ4n) is 2.22. The molecule has 0 aliphatic rings. The summed E-state index contributed by atoms with van der Waals surface area (Å²) in [5.41, 5.74) is 2.95. The van der Waals surface area contributed by atoms with Crippen LogP contribution in [0, 0.1) is 0 Å². The van der Waals surface area contributed by atoms with Crippen molar-refractivity contribution in [2.45, 2.75) is 19.3 Å². The topological polar surface area (TPSA) is 54.6 Å². The number of aromatic nitrogens is 2. The van der Waals surface area contributed by atoms with Crippen LogP contribution in [0.25, 0.3) is 16.2 Å². The molecule has 0 saturated carbocycles. The van der Waals surface area contributed by atoms with Crippen molar-refractivity contribution in [3.05, 3.63) is 46.6 Å². The summed E-state index contributed by atoms with van der Waals surface area (Å²) in [5, 5.41) is 11.4. The highest BCUT2D eigenvalue weighted by Gasteiger charge is 2.10. The van der Waals surface area contributed by atoms with Crippen LogP contribution in [0.5, 0.6) is 0 Å². The maximum Gasteiger partial charge on any atom is 0.303 e. The third-order valence-electron chi connectivity index (χ3n) is 3.23. The lowest BCUT2D eigenvalue weighted by Gasteiger charge is -1.98. The third kappa shape index (κ3) is 3.09. The Labute approximate surface area is 130 Å². The molecule has 2 aromatic heterocycles. The van der Waals surface area contributed by atoms with Crippen molar-refractivity contribution >= 4 is 33.9 Å². The van der Waals surface area contributed by atoms with Gasteiger partial charge in [0.1, 0.15) is 0 Å². The van der Waals surface area contributed by atoms with Gasteiger partial charge in [0.05, 0.1) is 5.69 Å². The van der Waals surface area contributed by atoms with E-state index in [1.807, 2.05) is 40.2 Å². The lowest BCUT2D eigenvalue weighted by Crippen LogP contribution is -1.97. The first-order valence-corrected chi connectivity index (χ1v) is 7.82. The Morgan fingerprint density at radius 1 is 1.43 bits per heavy atom. The third-order valence-corrected chi connectivity index (χ3v) is 4.35. The number of hydrogen-bond acceptors (Lipinski definition) is 3. The van der Waals surface area contributed by atoms with Crippen molar-refractivity contribution in [1.29, 1.82) is 0 Å². The molecule has 0 unspecified atom stereocenters. The standard InChI is InChI=1S/C15H13ClN2O2S/c16-11-4-1-3-10(7-11)13-8-18-12(5-2-6-14(19)20)9-21-15(18)17-13/h1,3-4,7-9H,2,5-6H2,(H,19,20). The second-order valence-electron chi connectivity index (χ2n) is 4.76. The van der Waals surface area contributed by atoms with Gasteiger partial charge in [0.15, 0.2) is 4.96 Å². The zero-order valence-electron chi connectivity index (χ0n) is 11.1. The average molecular weight is 321 g/mol. The van der Waals surface area contributed by atoms with Crippen LogP contribution in [0.1, 0.15) is 18.5 Å². The van der Waals surface area contributed by atoms with Crippen LogP contribution in [0.15, 0.2) is 35.8 Å². The first-order chi connectivity index (χ1) is 10.1. The molecule has 0 aliphatic carbocycles. The Hall–Kier alpha value is -1.85. The van der Waals surface area contributed by atoms with Crippen LogP contribution in [-0.4, -0.2) is 20.5 Å². The SMILES string of the molecule is O=C(O)CCCc1csc2nc(-c3cccc(Cl)c3)cn12. The first-order valence-electron chi connectivity index (χ1n) is 6.56. The van der Waals surface area contributed by atoms with Crippen molar-refractivity contribution in [1.82, 2.24) is 9.38 Å². The van der Waals surface area contributed by atoms with Gasteiger partial charge in [0.2, 0.25) is 0 Å². The van der Waals surface area contributed by atoms with Crippen molar-refractivity contribution < 1.29 is 9.90 Å². The molecule has 1 N–H and O–H groups in total. The smallest absolute Gasteiger partial charge is 0.303 e. The van der Waals surface area contributed by atoms with Gasteiger partial charge in [0.25, 0.3) is 0 Å². The van der Waals surface area contributed by atoms with E-state index in [0.717, 1.165) is 28.3 Å². The number of fused-ring (bicyclic) bond motifs is 1. The normalized spacial score (nSPS) is 11.1. The summed E-state index contributed by atoms with van der Waals surface area (Å²) in [7, 11) is 0. The highest BCUT2D eigenvalue weighted by atomic mass is 35.5. The number of carboxylic acids is 1. The van der Waals surface area contributed by atoms with Gasteiger partial charge < -0.3 is 5.11 Å². The minimum atomic E-state index is -0.758. The predicted molar refractivity (Wildman–Crippen MR) is 84.1 cm³/mol. The van der Waals surface area contributed by atoms with E-state index < -0.39 is 5.97 Å². The number of carboxylic acid groups (broad SMARTS) is 1. The van der Waals surface area contributed by atoms with Gasteiger partial charge in [-0.25, -0.2) is 4.98 Å². The highest BCUT2D eigenvalue weighted by molar-refractivity contribution is 7.15. The molecule has 0 atom stereocenters. The lowest BCUT2D eigenvalue weighted by molar-refractivity contribution is -0.137. The van der Waals surface area contributed by atoms with E-state index in [0.29, 0.717) is 11.4 Å². The number of nitrogens with zero attached hydrogens (tertiary/aromatic N) is 2. The van der Waals surface area contributed by atoms with Crippen LogP contribution < -0.4 is 0 Å². The number of thiazole rings is 1. The lowest BCUT2D eigenvalue weighted by atomic mass is 10.2. The minimum Gasteiger partial charge on any atom is -0.481 e. The molecule has 0 radical (unpaired) electrons. The second-order valence-corrected chi connectivity index (χ2v) is 6.04. The molecule has 0 saturated heterocycles. The van der Waals surface area contributed by atoms with Crippen molar-refractivity contribution in [3.63, 3.8) is 0 Å².